The van der Waals surface area contributed by atoms with Gasteiger partial charge in [-0.3, -0.25) is 4.79 Å². The molecule has 1 aliphatic carbocycles. The molecule has 1 amide bonds. The lowest BCUT2D eigenvalue weighted by molar-refractivity contribution is -0.114. The topological polar surface area (TPSA) is 127 Å². The Morgan fingerprint density at radius 2 is 2.11 bits per heavy atom. The Morgan fingerprint density at radius 1 is 1.44 bits per heavy atom. The number of nitrogens with zero attached hydrogens (tertiary/aromatic N) is 2. The molecule has 0 saturated heterocycles. The van der Waals surface area contributed by atoms with Gasteiger partial charge in [0.2, 0.25) is 15.4 Å². The molecular weight excluding hydrogens is 278 g/mol. The van der Waals surface area contributed by atoms with Gasteiger partial charge in [0.05, 0.1) is 0 Å². The molecule has 1 aliphatic rings. The van der Waals surface area contributed by atoms with Crippen molar-refractivity contribution in [3.63, 3.8) is 0 Å². The minimum absolute atomic E-state index is 0.0575. The molecule has 0 atom stereocenters. The summed E-state index contributed by atoms with van der Waals surface area (Å²) >= 11 is 0.810. The van der Waals surface area contributed by atoms with Gasteiger partial charge in [-0.1, -0.05) is 11.3 Å². The molecule has 2 rings (SSSR count). The number of hydrogen-bond acceptors (Lipinski definition) is 7. The van der Waals surface area contributed by atoms with E-state index in [0.29, 0.717) is 12.8 Å². The molecule has 100 valence electrons. The zero-order valence-corrected chi connectivity index (χ0v) is 11.2. The van der Waals surface area contributed by atoms with Gasteiger partial charge < -0.3 is 11.1 Å². The molecule has 1 aromatic heterocycles. The smallest absolute Gasteiger partial charge is 0.270 e. The number of carbonyl (C=O) groups excluding carboxylic acids is 1. The Hall–Kier alpha value is -1.10. The van der Waals surface area contributed by atoms with Crippen LogP contribution in [0.4, 0.5) is 5.13 Å². The van der Waals surface area contributed by atoms with E-state index < -0.39 is 10.0 Å². The number of aromatic nitrogens is 2. The number of anilines is 1. The molecule has 0 bridgehead atoms. The van der Waals surface area contributed by atoms with E-state index in [1.807, 2.05) is 0 Å². The van der Waals surface area contributed by atoms with Crippen LogP contribution < -0.4 is 15.8 Å². The molecule has 1 saturated carbocycles. The van der Waals surface area contributed by atoms with Crippen LogP contribution in [0.3, 0.4) is 0 Å². The highest BCUT2D eigenvalue weighted by atomic mass is 32.2. The Balaban J connectivity index is 2.05. The van der Waals surface area contributed by atoms with Gasteiger partial charge in [-0.2, -0.15) is 0 Å². The maximum absolute atomic E-state index is 11.9. The molecular formula is C8H13N5O3S2. The lowest BCUT2D eigenvalue weighted by atomic mass is 9.89. The van der Waals surface area contributed by atoms with Crippen LogP contribution in [0.2, 0.25) is 0 Å². The molecule has 1 fully saturated rings. The highest BCUT2D eigenvalue weighted by Gasteiger charge is 2.32. The fourth-order valence-electron chi connectivity index (χ4n) is 1.55. The summed E-state index contributed by atoms with van der Waals surface area (Å²) in [6.07, 6.45) is 1.24. The Kier molecular flexibility index (Phi) is 3.61. The van der Waals surface area contributed by atoms with Crippen molar-refractivity contribution in [2.45, 2.75) is 36.2 Å². The third-order valence-corrected chi connectivity index (χ3v) is 5.14. The van der Waals surface area contributed by atoms with Crippen LogP contribution in [0.15, 0.2) is 4.34 Å². The van der Waals surface area contributed by atoms with E-state index in [4.69, 9.17) is 5.73 Å². The third kappa shape index (κ3) is 3.02. The first-order chi connectivity index (χ1) is 8.37. The maximum Gasteiger partial charge on any atom is 0.270 e. The average Bonchev–Trinajstić information content (AvgIpc) is 2.63. The van der Waals surface area contributed by atoms with Crippen molar-refractivity contribution in [3.05, 3.63) is 0 Å². The molecule has 18 heavy (non-hydrogen) atoms. The first kappa shape index (κ1) is 13.3. The minimum atomic E-state index is -3.67. The molecule has 0 radical (unpaired) electrons. The first-order valence-electron chi connectivity index (χ1n) is 5.26. The number of hydrogen-bond donors (Lipinski definition) is 3. The van der Waals surface area contributed by atoms with Crippen molar-refractivity contribution in [3.8, 4) is 0 Å². The number of nitrogens with one attached hydrogen (secondary N) is 2. The van der Waals surface area contributed by atoms with E-state index in [1.165, 1.54) is 6.92 Å². The Labute approximate surface area is 108 Å². The summed E-state index contributed by atoms with van der Waals surface area (Å²) in [6, 6.07) is -0.0832. The van der Waals surface area contributed by atoms with E-state index in [2.05, 4.69) is 20.2 Å². The van der Waals surface area contributed by atoms with Crippen LogP contribution in [0.5, 0.6) is 0 Å². The van der Waals surface area contributed by atoms with Crippen molar-refractivity contribution in [1.29, 1.82) is 0 Å². The van der Waals surface area contributed by atoms with Crippen molar-refractivity contribution in [2.75, 3.05) is 5.32 Å². The molecule has 1 aromatic rings. The molecule has 0 aromatic carbocycles. The molecule has 1 heterocycles. The van der Waals surface area contributed by atoms with Crippen LogP contribution in [-0.2, 0) is 14.8 Å². The number of sulfonamides is 1. The summed E-state index contributed by atoms with van der Waals surface area (Å²) in [7, 11) is -3.67. The van der Waals surface area contributed by atoms with Gasteiger partial charge in [-0.15, -0.1) is 10.2 Å². The van der Waals surface area contributed by atoms with Crippen LogP contribution >= 0.6 is 11.3 Å². The number of rotatable bonds is 4. The summed E-state index contributed by atoms with van der Waals surface area (Å²) in [4.78, 5) is 10.8. The Morgan fingerprint density at radius 3 is 2.67 bits per heavy atom. The maximum atomic E-state index is 11.9. The SMILES string of the molecule is CC(=O)Nc1nnc(S(=O)(=O)NC2CC(N)C2)s1. The molecule has 8 nitrogen and oxygen atoms in total. The van der Waals surface area contributed by atoms with E-state index in [0.717, 1.165) is 11.3 Å². The molecule has 0 aliphatic heterocycles. The van der Waals surface area contributed by atoms with E-state index in [-0.39, 0.29) is 27.5 Å². The number of carbonyl (C=O) groups is 1. The summed E-state index contributed by atoms with van der Waals surface area (Å²) in [5.74, 6) is -0.326. The predicted octanol–water partition coefficient (Wildman–Crippen LogP) is -0.735. The van der Waals surface area contributed by atoms with E-state index >= 15 is 0 Å². The highest BCUT2D eigenvalue weighted by Crippen LogP contribution is 2.23. The van der Waals surface area contributed by atoms with Crippen LogP contribution in [0, 0.1) is 0 Å². The zero-order valence-electron chi connectivity index (χ0n) is 9.58. The lowest BCUT2D eigenvalue weighted by Gasteiger charge is -2.32. The summed E-state index contributed by atoms with van der Waals surface area (Å²) in [6.45, 7) is 1.31. The monoisotopic (exact) mass is 291 g/mol. The van der Waals surface area contributed by atoms with Crippen molar-refractivity contribution in [2.24, 2.45) is 5.73 Å². The van der Waals surface area contributed by atoms with Gasteiger partial charge in [0.1, 0.15) is 0 Å². The molecule has 0 unspecified atom stereocenters. The standard InChI is InChI=1S/C8H13N5O3S2/c1-4(14)10-7-11-12-8(17-7)18(15,16)13-6-2-5(9)3-6/h5-6,13H,2-3,9H2,1H3,(H,10,11,14). The fraction of sp³-hybridized carbons (Fsp3) is 0.625. The second kappa shape index (κ2) is 4.88. The molecule has 0 spiro atoms. The van der Waals surface area contributed by atoms with Crippen LogP contribution in [0.25, 0.3) is 0 Å². The van der Waals surface area contributed by atoms with Crippen molar-refractivity contribution in [1.82, 2.24) is 14.9 Å². The average molecular weight is 291 g/mol. The number of amides is 1. The Bertz CT molecular complexity index is 549. The van der Waals surface area contributed by atoms with E-state index in [9.17, 15) is 13.2 Å². The first-order valence-corrected chi connectivity index (χ1v) is 7.56. The largest absolute Gasteiger partial charge is 0.328 e. The third-order valence-electron chi connectivity index (χ3n) is 2.42. The summed E-state index contributed by atoms with van der Waals surface area (Å²) in [5.41, 5.74) is 5.58. The fourth-order valence-corrected chi connectivity index (χ4v) is 3.77. The second-order valence-electron chi connectivity index (χ2n) is 4.10. The predicted molar refractivity (Wildman–Crippen MR) is 65.5 cm³/mol. The van der Waals surface area contributed by atoms with Crippen molar-refractivity contribution < 1.29 is 13.2 Å². The normalized spacial score (nSPS) is 23.4. The van der Waals surface area contributed by atoms with Gasteiger partial charge in [0, 0.05) is 19.0 Å². The van der Waals surface area contributed by atoms with E-state index in [1.54, 1.807) is 0 Å². The molecule has 10 heteroatoms. The zero-order chi connectivity index (χ0) is 13.3. The lowest BCUT2D eigenvalue weighted by Crippen LogP contribution is -2.50. The van der Waals surface area contributed by atoms with Gasteiger partial charge >= 0.3 is 0 Å². The number of nitrogens with two attached hydrogens (primary N) is 1. The molecule has 4 N–H and O–H groups in total. The van der Waals surface area contributed by atoms with Gasteiger partial charge in [-0.25, -0.2) is 13.1 Å². The van der Waals surface area contributed by atoms with Crippen LogP contribution in [0.1, 0.15) is 19.8 Å². The van der Waals surface area contributed by atoms with Gasteiger partial charge in [-0.05, 0) is 12.8 Å². The quantitative estimate of drug-likeness (QED) is 0.627. The second-order valence-corrected chi connectivity index (χ2v) is 6.97. The summed E-state index contributed by atoms with van der Waals surface area (Å²) in [5, 5.41) is 9.66. The highest BCUT2D eigenvalue weighted by molar-refractivity contribution is 7.91. The minimum Gasteiger partial charge on any atom is -0.328 e. The van der Waals surface area contributed by atoms with Crippen LogP contribution in [-0.4, -0.2) is 36.6 Å². The summed E-state index contributed by atoms with van der Waals surface area (Å²) < 4.78 is 26.1. The van der Waals surface area contributed by atoms with Gasteiger partial charge in [0.25, 0.3) is 10.0 Å². The van der Waals surface area contributed by atoms with Gasteiger partial charge in [0.15, 0.2) is 0 Å². The van der Waals surface area contributed by atoms with Crippen molar-refractivity contribution >= 4 is 32.4 Å².